The number of hydrogen-bond acceptors (Lipinski definition) is 4. The summed E-state index contributed by atoms with van der Waals surface area (Å²) in [4.78, 5) is 0.333. The molecule has 0 atom stereocenters. The molecule has 0 aromatic heterocycles. The van der Waals surface area contributed by atoms with Gasteiger partial charge in [-0.25, -0.2) is 16.8 Å². The number of rotatable bonds is 6. The van der Waals surface area contributed by atoms with Gasteiger partial charge in [0, 0.05) is 10.8 Å². The summed E-state index contributed by atoms with van der Waals surface area (Å²) in [5, 5.41) is 1.81. The minimum Gasteiger partial charge on any atom is -0.219 e. The lowest BCUT2D eigenvalue weighted by Crippen LogP contribution is -1.99. The van der Waals surface area contributed by atoms with Crippen LogP contribution in [0.25, 0.3) is 0 Å². The largest absolute Gasteiger partial charge is 0.219 e. The normalized spacial score (nSPS) is 11.8. The van der Waals surface area contributed by atoms with Gasteiger partial charge in [0.1, 0.15) is 0 Å². The van der Waals surface area contributed by atoms with Gasteiger partial charge in [0.25, 0.3) is 0 Å². The van der Waals surface area contributed by atoms with Gasteiger partial charge in [-0.1, -0.05) is 37.4 Å². The molecule has 0 unspecified atom stereocenters. The molecule has 0 N–H and O–H groups in total. The summed E-state index contributed by atoms with van der Waals surface area (Å²) in [6.07, 6.45) is 0.418. The van der Waals surface area contributed by atoms with E-state index in [1.807, 2.05) is 0 Å². The molecule has 0 fully saturated rings. The molecule has 4 nitrogen and oxygen atoms in total. The highest BCUT2D eigenvalue weighted by Gasteiger charge is 2.12. The van der Waals surface area contributed by atoms with E-state index in [0.29, 0.717) is 6.42 Å². The minimum absolute atomic E-state index is 0.167. The number of sulfone groups is 2. The van der Waals surface area contributed by atoms with Gasteiger partial charge in [0.15, 0.2) is 19.7 Å². The summed E-state index contributed by atoms with van der Waals surface area (Å²) >= 11 is 0. The lowest BCUT2D eigenvalue weighted by atomic mass is 10.1. The van der Waals surface area contributed by atoms with Crippen molar-refractivity contribution in [2.45, 2.75) is 16.2 Å². The van der Waals surface area contributed by atoms with Gasteiger partial charge in [0.05, 0.1) is 9.79 Å². The second-order valence-electron chi connectivity index (χ2n) is 4.89. The van der Waals surface area contributed by atoms with E-state index in [-0.39, 0.29) is 9.79 Å². The maximum atomic E-state index is 11.8. The summed E-state index contributed by atoms with van der Waals surface area (Å²) in [7, 11) is -6.99. The van der Waals surface area contributed by atoms with Crippen molar-refractivity contribution < 1.29 is 16.8 Å². The Morgan fingerprint density at radius 1 is 0.739 bits per heavy atom. The van der Waals surface area contributed by atoms with Crippen LogP contribution in [0.15, 0.2) is 82.3 Å². The van der Waals surface area contributed by atoms with Crippen LogP contribution in [0.5, 0.6) is 0 Å². The molecular formula is C17H16O4S2. The van der Waals surface area contributed by atoms with Gasteiger partial charge in [-0.05, 0) is 41.8 Å². The third kappa shape index (κ3) is 3.97. The fraction of sp³-hybridized carbons (Fsp3) is 0.0588. The molecule has 0 bridgehead atoms. The fourth-order valence-electron chi connectivity index (χ4n) is 2.09. The molecular weight excluding hydrogens is 332 g/mol. The molecule has 2 aromatic carbocycles. The van der Waals surface area contributed by atoms with Crippen LogP contribution in [-0.4, -0.2) is 16.8 Å². The molecule has 2 aromatic rings. The summed E-state index contributed by atoms with van der Waals surface area (Å²) < 4.78 is 47.3. The van der Waals surface area contributed by atoms with Crippen LogP contribution in [0, 0.1) is 0 Å². The molecule has 23 heavy (non-hydrogen) atoms. The molecule has 2 rings (SSSR count). The van der Waals surface area contributed by atoms with Crippen LogP contribution >= 0.6 is 0 Å². The summed E-state index contributed by atoms with van der Waals surface area (Å²) in [6.45, 7) is 6.61. The molecule has 0 amide bonds. The Morgan fingerprint density at radius 2 is 1.13 bits per heavy atom. The number of hydrogen-bond donors (Lipinski definition) is 0. The van der Waals surface area contributed by atoms with Crippen LogP contribution in [0.2, 0.25) is 0 Å². The number of benzene rings is 2. The highest BCUT2D eigenvalue weighted by atomic mass is 32.2. The van der Waals surface area contributed by atoms with E-state index in [4.69, 9.17) is 0 Å². The minimum atomic E-state index is -3.49. The van der Waals surface area contributed by atoms with Crippen molar-refractivity contribution in [1.82, 2.24) is 0 Å². The maximum Gasteiger partial charge on any atom is 0.199 e. The van der Waals surface area contributed by atoms with Crippen LogP contribution < -0.4 is 0 Å². The third-order valence-corrected chi connectivity index (χ3v) is 6.00. The Kier molecular flexibility index (Phi) is 4.87. The molecule has 0 aliphatic heterocycles. The van der Waals surface area contributed by atoms with E-state index >= 15 is 0 Å². The molecule has 0 aliphatic carbocycles. The average molecular weight is 348 g/mol. The molecule has 6 heteroatoms. The smallest absolute Gasteiger partial charge is 0.199 e. The Labute approximate surface area is 136 Å². The second kappa shape index (κ2) is 6.52. The van der Waals surface area contributed by atoms with Crippen molar-refractivity contribution in [2.75, 3.05) is 0 Å². The zero-order chi connectivity index (χ0) is 17.1. The lowest BCUT2D eigenvalue weighted by Gasteiger charge is -2.06. The summed E-state index contributed by atoms with van der Waals surface area (Å²) in [6, 6.07) is 13.0. The van der Waals surface area contributed by atoms with Crippen molar-refractivity contribution >= 4 is 19.7 Å². The molecule has 0 aliphatic rings. The maximum absolute atomic E-state index is 11.8. The molecule has 0 saturated heterocycles. The Morgan fingerprint density at radius 3 is 1.48 bits per heavy atom. The first-order chi connectivity index (χ1) is 10.8. The molecule has 0 heterocycles. The van der Waals surface area contributed by atoms with Crippen LogP contribution in [0.3, 0.4) is 0 Å². The van der Waals surface area contributed by atoms with Gasteiger partial charge < -0.3 is 0 Å². The topological polar surface area (TPSA) is 68.3 Å². The van der Waals surface area contributed by atoms with Crippen LogP contribution in [-0.2, 0) is 26.1 Å². The highest BCUT2D eigenvalue weighted by Crippen LogP contribution is 2.19. The molecule has 0 saturated carbocycles. The predicted octanol–water partition coefficient (Wildman–Crippen LogP) is 3.11. The Hall–Kier alpha value is -2.18. The van der Waals surface area contributed by atoms with Gasteiger partial charge in [-0.15, -0.1) is 0 Å². The van der Waals surface area contributed by atoms with Gasteiger partial charge in [-0.2, -0.15) is 0 Å². The van der Waals surface area contributed by atoms with Crippen molar-refractivity contribution in [3.8, 4) is 0 Å². The first kappa shape index (κ1) is 17.2. The first-order valence-electron chi connectivity index (χ1n) is 6.71. The van der Waals surface area contributed by atoms with Crippen LogP contribution in [0.4, 0.5) is 0 Å². The van der Waals surface area contributed by atoms with E-state index in [1.54, 1.807) is 36.4 Å². The van der Waals surface area contributed by atoms with Crippen molar-refractivity contribution in [1.29, 1.82) is 0 Å². The monoisotopic (exact) mass is 348 g/mol. The SMILES string of the molecule is C=CS(=O)(=O)c1cccc(Cc2cccc(S(=O)(=O)C=C)c2)c1. The summed E-state index contributed by atoms with van der Waals surface area (Å²) in [5.41, 5.74) is 1.53. The zero-order valence-electron chi connectivity index (χ0n) is 12.3. The average Bonchev–Trinajstić information content (AvgIpc) is 2.55. The standard InChI is InChI=1S/C17H16O4S2/c1-3-22(18,19)16-9-5-7-14(12-16)11-15-8-6-10-17(13-15)23(20,21)4-2/h3-10,12-13H,1-2,11H2. The highest BCUT2D eigenvalue weighted by molar-refractivity contribution is 7.94. The van der Waals surface area contributed by atoms with E-state index in [1.165, 1.54) is 12.1 Å². The summed E-state index contributed by atoms with van der Waals surface area (Å²) in [5.74, 6) is 0. The van der Waals surface area contributed by atoms with Crippen molar-refractivity contribution in [3.63, 3.8) is 0 Å². The fourth-order valence-corrected chi connectivity index (χ4v) is 3.65. The Balaban J connectivity index is 2.38. The van der Waals surface area contributed by atoms with Gasteiger partial charge in [0.2, 0.25) is 0 Å². The molecule has 0 spiro atoms. The zero-order valence-corrected chi connectivity index (χ0v) is 14.0. The van der Waals surface area contributed by atoms with Crippen LogP contribution in [0.1, 0.15) is 11.1 Å². The third-order valence-electron chi connectivity index (χ3n) is 3.30. The van der Waals surface area contributed by atoms with E-state index in [9.17, 15) is 16.8 Å². The van der Waals surface area contributed by atoms with Gasteiger partial charge >= 0.3 is 0 Å². The van der Waals surface area contributed by atoms with Crippen molar-refractivity contribution in [2.24, 2.45) is 0 Å². The second-order valence-corrected chi connectivity index (χ2v) is 8.68. The van der Waals surface area contributed by atoms with Crippen molar-refractivity contribution in [3.05, 3.63) is 83.6 Å². The van der Waals surface area contributed by atoms with E-state index < -0.39 is 19.7 Å². The first-order valence-corrected chi connectivity index (χ1v) is 9.81. The van der Waals surface area contributed by atoms with E-state index in [2.05, 4.69) is 13.2 Å². The lowest BCUT2D eigenvalue weighted by molar-refractivity contribution is 0.603. The Bertz CT molecular complexity index is 876. The predicted molar refractivity (Wildman–Crippen MR) is 90.5 cm³/mol. The van der Waals surface area contributed by atoms with E-state index in [0.717, 1.165) is 21.9 Å². The molecule has 120 valence electrons. The quantitative estimate of drug-likeness (QED) is 0.804. The van der Waals surface area contributed by atoms with Gasteiger partial charge in [-0.3, -0.25) is 0 Å². The molecule has 0 radical (unpaired) electrons.